The number of fused-ring (bicyclic) bond motifs is 5. The van der Waals surface area contributed by atoms with Crippen molar-refractivity contribution in [3.8, 4) is 5.88 Å². The standard InChI is InChI=1S/C40H53N5O8S/c1-39(2,3)53-38(49)42-32-19-10-6-4-5-8-14-25-23-40(25,37(48)44-54(50,51)27-20-21-27)43-34(46)33-22-26(24-45(33)36(32)47)52-35-30-17-13-12-15-28(30)29-16-9-7-11-18-31(29)41-35/h8,12-15,17,25-27,32-33H,4-7,9-11,16,18-24H2,1-3H3,(H,42,49)(H,43,46)(H,44,48)/t25-,26-,32+,33+,40-/m1/s1. The van der Waals surface area contributed by atoms with Crippen LogP contribution in [0.4, 0.5) is 4.79 Å². The molecule has 13 nitrogen and oxygen atoms in total. The number of amides is 4. The molecule has 1 aromatic heterocycles. The molecule has 5 atom stereocenters. The summed E-state index contributed by atoms with van der Waals surface area (Å²) in [7, 11) is -3.88. The third-order valence-corrected chi connectivity index (χ3v) is 13.0. The molecule has 3 aliphatic carbocycles. The second-order valence-corrected chi connectivity index (χ2v) is 18.6. The van der Waals surface area contributed by atoms with Crippen LogP contribution in [0.25, 0.3) is 10.8 Å². The van der Waals surface area contributed by atoms with E-state index in [1.54, 1.807) is 20.8 Å². The van der Waals surface area contributed by atoms with Gasteiger partial charge >= 0.3 is 6.09 Å². The second kappa shape index (κ2) is 15.1. The Bertz CT molecular complexity index is 1940. The van der Waals surface area contributed by atoms with E-state index in [2.05, 4.69) is 21.4 Å². The fourth-order valence-electron chi connectivity index (χ4n) is 8.14. The molecule has 4 amide bonds. The number of aromatic nitrogens is 1. The molecule has 3 heterocycles. The van der Waals surface area contributed by atoms with E-state index < -0.39 is 74.3 Å². The fraction of sp³-hybridized carbons (Fsp3) is 0.625. The minimum absolute atomic E-state index is 0.0368. The van der Waals surface area contributed by atoms with Gasteiger partial charge in [-0.15, -0.1) is 0 Å². The van der Waals surface area contributed by atoms with Crippen LogP contribution in [-0.4, -0.2) is 83.2 Å². The van der Waals surface area contributed by atoms with Gasteiger partial charge < -0.3 is 25.0 Å². The van der Waals surface area contributed by atoms with Gasteiger partial charge in [0.15, 0.2) is 0 Å². The summed E-state index contributed by atoms with van der Waals surface area (Å²) in [5.74, 6) is -1.77. The first-order chi connectivity index (χ1) is 25.7. The third kappa shape index (κ3) is 8.38. The highest BCUT2D eigenvalue weighted by Crippen LogP contribution is 2.46. The number of pyridine rings is 1. The van der Waals surface area contributed by atoms with E-state index in [0.29, 0.717) is 38.0 Å². The Morgan fingerprint density at radius 2 is 1.72 bits per heavy atom. The average molecular weight is 764 g/mol. The van der Waals surface area contributed by atoms with Crippen molar-refractivity contribution in [1.29, 1.82) is 0 Å². The van der Waals surface area contributed by atoms with Gasteiger partial charge in [0.05, 0.1) is 11.8 Å². The van der Waals surface area contributed by atoms with E-state index in [-0.39, 0.29) is 19.4 Å². The van der Waals surface area contributed by atoms with Crippen molar-refractivity contribution in [2.24, 2.45) is 5.92 Å². The predicted molar refractivity (Wildman–Crippen MR) is 202 cm³/mol. The molecular weight excluding hydrogens is 711 g/mol. The highest BCUT2D eigenvalue weighted by atomic mass is 32.2. The summed E-state index contributed by atoms with van der Waals surface area (Å²) in [4.78, 5) is 62.3. The summed E-state index contributed by atoms with van der Waals surface area (Å²) >= 11 is 0. The zero-order valence-electron chi connectivity index (χ0n) is 31.5. The molecule has 2 aromatic rings. The van der Waals surface area contributed by atoms with Crippen molar-refractivity contribution in [2.75, 3.05) is 6.54 Å². The van der Waals surface area contributed by atoms with Crippen LogP contribution >= 0.6 is 0 Å². The Labute approximate surface area is 317 Å². The van der Waals surface area contributed by atoms with Crippen molar-refractivity contribution in [2.45, 2.75) is 145 Å². The Kier molecular flexibility index (Phi) is 10.7. The monoisotopic (exact) mass is 763 g/mol. The van der Waals surface area contributed by atoms with Crippen molar-refractivity contribution < 1.29 is 37.1 Å². The lowest BCUT2D eigenvalue weighted by Crippen LogP contribution is -2.58. The first kappa shape index (κ1) is 38.1. The van der Waals surface area contributed by atoms with Crippen molar-refractivity contribution >= 4 is 44.6 Å². The van der Waals surface area contributed by atoms with Crippen LogP contribution in [0.3, 0.4) is 0 Å². The number of carbonyl (C=O) groups is 4. The Morgan fingerprint density at radius 1 is 0.981 bits per heavy atom. The number of hydrogen-bond donors (Lipinski definition) is 3. The predicted octanol–water partition coefficient (Wildman–Crippen LogP) is 4.75. The Morgan fingerprint density at radius 3 is 2.48 bits per heavy atom. The van der Waals surface area contributed by atoms with Gasteiger partial charge in [0.1, 0.15) is 29.3 Å². The maximum Gasteiger partial charge on any atom is 0.408 e. The number of benzene rings is 1. The normalized spacial score (nSPS) is 27.9. The van der Waals surface area contributed by atoms with Crippen LogP contribution in [0.5, 0.6) is 5.88 Å². The van der Waals surface area contributed by atoms with Crippen LogP contribution in [0, 0.1) is 5.92 Å². The minimum atomic E-state index is -3.88. The molecule has 3 N–H and O–H groups in total. The molecule has 292 valence electrons. The molecule has 5 aliphatic rings. The van der Waals surface area contributed by atoms with Crippen LogP contribution < -0.4 is 20.1 Å². The molecule has 0 radical (unpaired) electrons. The molecular formula is C40H53N5O8S. The number of nitrogens with zero attached hydrogens (tertiary/aromatic N) is 2. The number of nitrogens with one attached hydrogen (secondary N) is 3. The summed E-state index contributed by atoms with van der Waals surface area (Å²) in [6, 6.07) is 5.97. The number of aryl methyl sites for hydroxylation is 2. The number of hydrogen-bond acceptors (Lipinski definition) is 9. The molecule has 2 aliphatic heterocycles. The molecule has 1 saturated heterocycles. The highest BCUT2D eigenvalue weighted by Gasteiger charge is 2.62. The molecule has 1 aromatic carbocycles. The summed E-state index contributed by atoms with van der Waals surface area (Å²) in [5.41, 5.74) is -0.0284. The van der Waals surface area contributed by atoms with Crippen LogP contribution in [-0.2, 0) is 42.0 Å². The smallest absolute Gasteiger partial charge is 0.408 e. The molecule has 14 heteroatoms. The Hall–Kier alpha value is -4.20. The summed E-state index contributed by atoms with van der Waals surface area (Å²) in [6.07, 6.45) is 12.1. The molecule has 54 heavy (non-hydrogen) atoms. The van der Waals surface area contributed by atoms with E-state index in [1.165, 1.54) is 10.5 Å². The zero-order chi connectivity index (χ0) is 38.3. The van der Waals surface area contributed by atoms with Gasteiger partial charge in [0, 0.05) is 23.4 Å². The number of sulfonamides is 1. The number of carbonyl (C=O) groups excluding carboxylic acids is 4. The van der Waals surface area contributed by atoms with Gasteiger partial charge in [0.2, 0.25) is 27.7 Å². The largest absolute Gasteiger partial charge is 0.472 e. The van der Waals surface area contributed by atoms with Crippen molar-refractivity contribution in [3.63, 3.8) is 0 Å². The van der Waals surface area contributed by atoms with E-state index >= 15 is 0 Å². The van der Waals surface area contributed by atoms with E-state index in [1.807, 2.05) is 30.4 Å². The van der Waals surface area contributed by atoms with Crippen LogP contribution in [0.15, 0.2) is 36.4 Å². The van der Waals surface area contributed by atoms with Crippen LogP contribution in [0.2, 0.25) is 0 Å². The highest BCUT2D eigenvalue weighted by molar-refractivity contribution is 7.91. The average Bonchev–Trinajstić information content (AvgIpc) is 4.03. The van der Waals surface area contributed by atoms with Gasteiger partial charge in [-0.05, 0) is 102 Å². The maximum atomic E-state index is 14.6. The Balaban J connectivity index is 1.21. The van der Waals surface area contributed by atoms with E-state index in [4.69, 9.17) is 14.5 Å². The van der Waals surface area contributed by atoms with Gasteiger partial charge in [-0.25, -0.2) is 18.2 Å². The number of allylic oxidation sites excluding steroid dienone is 1. The quantitative estimate of drug-likeness (QED) is 0.277. The van der Waals surface area contributed by atoms with Gasteiger partial charge in [-0.1, -0.05) is 49.6 Å². The number of alkyl carbamates (subject to hydrolysis) is 1. The van der Waals surface area contributed by atoms with E-state index in [9.17, 15) is 27.6 Å². The molecule has 2 saturated carbocycles. The molecule has 7 rings (SSSR count). The van der Waals surface area contributed by atoms with E-state index in [0.717, 1.165) is 61.4 Å². The summed E-state index contributed by atoms with van der Waals surface area (Å²) in [6.45, 7) is 5.27. The zero-order valence-corrected chi connectivity index (χ0v) is 32.3. The summed E-state index contributed by atoms with van der Waals surface area (Å²) < 4.78 is 40.2. The van der Waals surface area contributed by atoms with Gasteiger partial charge in [-0.3, -0.25) is 19.1 Å². The molecule has 3 fully saturated rings. The number of ether oxygens (including phenoxy) is 2. The fourth-order valence-corrected chi connectivity index (χ4v) is 9.50. The lowest BCUT2D eigenvalue weighted by Gasteiger charge is -2.30. The minimum Gasteiger partial charge on any atom is -0.472 e. The molecule has 0 bridgehead atoms. The summed E-state index contributed by atoms with van der Waals surface area (Å²) in [5, 5.41) is 7.03. The van der Waals surface area contributed by atoms with Crippen molar-refractivity contribution in [1.82, 2.24) is 25.2 Å². The topological polar surface area (TPSA) is 173 Å². The maximum absolute atomic E-state index is 14.6. The first-order valence-corrected chi connectivity index (χ1v) is 21.2. The third-order valence-electron chi connectivity index (χ3n) is 11.2. The second-order valence-electron chi connectivity index (χ2n) is 16.6. The van der Waals surface area contributed by atoms with Gasteiger partial charge in [0.25, 0.3) is 5.91 Å². The van der Waals surface area contributed by atoms with Crippen molar-refractivity contribution in [3.05, 3.63) is 47.7 Å². The van der Waals surface area contributed by atoms with Gasteiger partial charge in [-0.2, -0.15) is 0 Å². The molecule has 0 unspecified atom stereocenters. The SMILES string of the molecule is CC(C)(C)OC(=O)N[C@H]1CCCCCC=C[C@@H]2C[C@@]2(C(=O)NS(=O)(=O)C2CC2)NC(=O)[C@@H]2C[C@@H](Oc3nc4c(c5ccccc35)CCCCC4)CN2C1=O. The number of rotatable bonds is 6. The molecule has 0 spiro atoms. The lowest BCUT2D eigenvalue weighted by atomic mass is 10.0. The lowest BCUT2D eigenvalue weighted by molar-refractivity contribution is -0.141. The van der Waals surface area contributed by atoms with Crippen LogP contribution in [0.1, 0.15) is 109 Å². The first-order valence-electron chi connectivity index (χ1n) is 19.7.